The summed E-state index contributed by atoms with van der Waals surface area (Å²) in [5.74, 6) is 4.56. The van der Waals surface area contributed by atoms with Gasteiger partial charge in [0.2, 0.25) is 0 Å². The first-order valence-electron chi connectivity index (χ1n) is 6.60. The Morgan fingerprint density at radius 2 is 2.36 bits per heavy atom. The molecule has 1 fully saturated rings. The highest BCUT2D eigenvalue weighted by molar-refractivity contribution is 5.89. The van der Waals surface area contributed by atoms with Crippen molar-refractivity contribution >= 4 is 11.8 Å². The molecule has 1 atom stereocenters. The monoisotopic (exact) mass is 307 g/mol. The summed E-state index contributed by atoms with van der Waals surface area (Å²) in [6.07, 6.45) is 0.747. The number of cyclic esters (lactones) is 1. The van der Waals surface area contributed by atoms with Crippen LogP contribution >= 0.6 is 0 Å². The molecule has 1 saturated heterocycles. The second-order valence-corrected chi connectivity index (χ2v) is 4.84. The number of hydrogen-bond donors (Lipinski definition) is 1. The quantitative estimate of drug-likeness (QED) is 0.822. The first-order valence-corrected chi connectivity index (χ1v) is 6.60. The van der Waals surface area contributed by atoms with Gasteiger partial charge in [0.05, 0.1) is 25.0 Å². The molecule has 0 spiro atoms. The molecule has 2 N–H and O–H groups in total. The average Bonchev–Trinajstić information content (AvgIpc) is 3.06. The average molecular weight is 307 g/mol. The molecule has 2 aromatic rings. The molecule has 2 heterocycles. The Bertz CT molecular complexity index is 677. The number of aromatic nitrogens is 3. The van der Waals surface area contributed by atoms with Crippen molar-refractivity contribution in [2.45, 2.75) is 19.3 Å². The molecule has 0 aliphatic carbocycles. The summed E-state index contributed by atoms with van der Waals surface area (Å²) in [4.78, 5) is 17.7. The van der Waals surface area contributed by atoms with E-state index in [0.717, 1.165) is 0 Å². The maximum atomic E-state index is 13.2. The van der Waals surface area contributed by atoms with E-state index in [2.05, 4.69) is 15.1 Å². The fourth-order valence-electron chi connectivity index (χ4n) is 2.26. The number of carbonyl (C=O) groups excluding carboxylic acids is 1. The van der Waals surface area contributed by atoms with Gasteiger partial charge in [-0.25, -0.2) is 19.8 Å². The van der Waals surface area contributed by atoms with Crippen molar-refractivity contribution in [2.24, 2.45) is 5.90 Å². The van der Waals surface area contributed by atoms with E-state index in [0.29, 0.717) is 24.5 Å². The number of anilines is 1. The normalized spacial score (nSPS) is 17.8. The van der Waals surface area contributed by atoms with Crippen LogP contribution in [0.2, 0.25) is 0 Å². The summed E-state index contributed by atoms with van der Waals surface area (Å²) in [5, 5.41) is 7.76. The first-order chi connectivity index (χ1) is 10.7. The number of carbonyl (C=O) groups is 1. The predicted octanol–water partition coefficient (Wildman–Crippen LogP) is 0.833. The maximum absolute atomic E-state index is 13.2. The molecule has 0 radical (unpaired) electrons. The van der Waals surface area contributed by atoms with Gasteiger partial charge in [0.25, 0.3) is 0 Å². The topological polar surface area (TPSA) is 95.5 Å². The molecule has 22 heavy (non-hydrogen) atoms. The van der Waals surface area contributed by atoms with Gasteiger partial charge in [-0.1, -0.05) is 11.3 Å². The molecule has 0 saturated carbocycles. The van der Waals surface area contributed by atoms with Gasteiger partial charge in [-0.2, -0.15) is 0 Å². The zero-order valence-corrected chi connectivity index (χ0v) is 11.6. The van der Waals surface area contributed by atoms with Crippen LogP contribution in [0.1, 0.15) is 5.69 Å². The van der Waals surface area contributed by atoms with Crippen LogP contribution in [0.3, 0.4) is 0 Å². The van der Waals surface area contributed by atoms with E-state index in [-0.39, 0.29) is 6.61 Å². The van der Waals surface area contributed by atoms with Crippen LogP contribution in [-0.2, 0) is 22.7 Å². The second kappa shape index (κ2) is 6.08. The zero-order chi connectivity index (χ0) is 15.5. The van der Waals surface area contributed by atoms with Crippen LogP contribution in [0.5, 0.6) is 0 Å². The number of halogens is 1. The van der Waals surface area contributed by atoms with Crippen LogP contribution < -0.4 is 10.8 Å². The predicted molar refractivity (Wildman–Crippen MR) is 73.0 cm³/mol. The summed E-state index contributed by atoms with van der Waals surface area (Å²) in [6.45, 7) is 0.805. The Kier molecular flexibility index (Phi) is 3.98. The molecule has 1 amide bonds. The zero-order valence-electron chi connectivity index (χ0n) is 11.6. The SMILES string of the molecule is NOCc1cn(C[C@H]2CN(c3cccc(F)c3)C(=O)O2)nn1. The van der Waals surface area contributed by atoms with E-state index in [4.69, 9.17) is 10.6 Å². The lowest BCUT2D eigenvalue weighted by molar-refractivity contribution is 0.121. The number of nitrogens with two attached hydrogens (primary N) is 1. The van der Waals surface area contributed by atoms with E-state index in [9.17, 15) is 9.18 Å². The summed E-state index contributed by atoms with van der Waals surface area (Å²) in [6, 6.07) is 5.80. The molecular formula is C13H14FN5O3. The third-order valence-electron chi connectivity index (χ3n) is 3.20. The van der Waals surface area contributed by atoms with E-state index < -0.39 is 18.0 Å². The molecule has 0 bridgehead atoms. The minimum absolute atomic E-state index is 0.153. The molecule has 1 aliphatic rings. The van der Waals surface area contributed by atoms with Gasteiger partial charge in [0, 0.05) is 0 Å². The van der Waals surface area contributed by atoms with E-state index in [1.54, 1.807) is 23.0 Å². The van der Waals surface area contributed by atoms with Crippen LogP contribution in [0, 0.1) is 5.82 Å². The first kappa shape index (κ1) is 14.4. The Morgan fingerprint density at radius 3 is 3.14 bits per heavy atom. The van der Waals surface area contributed by atoms with Crippen molar-refractivity contribution in [3.05, 3.63) is 42.0 Å². The molecule has 9 heteroatoms. The van der Waals surface area contributed by atoms with Gasteiger partial charge < -0.3 is 4.74 Å². The number of ether oxygens (including phenoxy) is 1. The fraction of sp³-hybridized carbons (Fsp3) is 0.308. The number of hydrogen-bond acceptors (Lipinski definition) is 6. The number of amides is 1. The molecule has 1 aromatic carbocycles. The Balaban J connectivity index is 1.66. The highest BCUT2D eigenvalue weighted by Gasteiger charge is 2.33. The molecule has 3 rings (SSSR count). The summed E-state index contributed by atoms with van der Waals surface area (Å²) in [5.41, 5.74) is 1.04. The molecule has 0 unspecified atom stereocenters. The minimum atomic E-state index is -0.513. The molecular weight excluding hydrogens is 293 g/mol. The number of benzene rings is 1. The molecule has 1 aromatic heterocycles. The van der Waals surface area contributed by atoms with Crippen molar-refractivity contribution in [1.82, 2.24) is 15.0 Å². The number of rotatable bonds is 5. The molecule has 8 nitrogen and oxygen atoms in total. The van der Waals surface area contributed by atoms with Gasteiger partial charge in [0.15, 0.2) is 0 Å². The van der Waals surface area contributed by atoms with E-state index in [1.165, 1.54) is 17.0 Å². The number of nitrogens with zero attached hydrogens (tertiary/aromatic N) is 4. The van der Waals surface area contributed by atoms with Crippen LogP contribution in [0.25, 0.3) is 0 Å². The summed E-state index contributed by atoms with van der Waals surface area (Å²) < 4.78 is 20.0. The third kappa shape index (κ3) is 3.05. The summed E-state index contributed by atoms with van der Waals surface area (Å²) >= 11 is 0. The standard InChI is InChI=1S/C13H14FN5O3/c14-9-2-1-3-11(4-9)19-7-12(22-13(19)20)6-18-5-10(8-21-15)16-17-18/h1-5,12H,6-8,15H2/t12-/m0/s1. The Labute approximate surface area is 125 Å². The lowest BCUT2D eigenvalue weighted by Crippen LogP contribution is -2.26. The Morgan fingerprint density at radius 1 is 1.50 bits per heavy atom. The molecule has 116 valence electrons. The van der Waals surface area contributed by atoms with Crippen molar-refractivity contribution in [2.75, 3.05) is 11.4 Å². The van der Waals surface area contributed by atoms with Gasteiger partial charge in [-0.15, -0.1) is 5.10 Å². The van der Waals surface area contributed by atoms with Gasteiger partial charge in [-0.3, -0.25) is 9.74 Å². The van der Waals surface area contributed by atoms with E-state index >= 15 is 0 Å². The second-order valence-electron chi connectivity index (χ2n) is 4.84. The van der Waals surface area contributed by atoms with Crippen LogP contribution in [0.15, 0.2) is 30.5 Å². The van der Waals surface area contributed by atoms with Gasteiger partial charge in [-0.05, 0) is 18.2 Å². The lowest BCUT2D eigenvalue weighted by Gasteiger charge is -2.12. The van der Waals surface area contributed by atoms with Gasteiger partial charge in [0.1, 0.15) is 24.2 Å². The fourth-order valence-corrected chi connectivity index (χ4v) is 2.26. The summed E-state index contributed by atoms with van der Waals surface area (Å²) in [7, 11) is 0. The van der Waals surface area contributed by atoms with Gasteiger partial charge >= 0.3 is 6.09 Å². The lowest BCUT2D eigenvalue weighted by atomic mass is 10.2. The van der Waals surface area contributed by atoms with Crippen molar-refractivity contribution in [3.63, 3.8) is 0 Å². The minimum Gasteiger partial charge on any atom is -0.442 e. The van der Waals surface area contributed by atoms with E-state index in [1.807, 2.05) is 0 Å². The van der Waals surface area contributed by atoms with Crippen LogP contribution in [-0.4, -0.2) is 33.7 Å². The van der Waals surface area contributed by atoms with Crippen molar-refractivity contribution in [3.8, 4) is 0 Å². The van der Waals surface area contributed by atoms with Crippen LogP contribution in [0.4, 0.5) is 14.9 Å². The van der Waals surface area contributed by atoms with Crippen molar-refractivity contribution in [1.29, 1.82) is 0 Å². The highest BCUT2D eigenvalue weighted by Crippen LogP contribution is 2.22. The smallest absolute Gasteiger partial charge is 0.414 e. The highest BCUT2D eigenvalue weighted by atomic mass is 19.1. The Hall–Kier alpha value is -2.52. The third-order valence-corrected chi connectivity index (χ3v) is 3.20. The largest absolute Gasteiger partial charge is 0.442 e. The molecule has 1 aliphatic heterocycles. The van der Waals surface area contributed by atoms with Crippen molar-refractivity contribution < 1.29 is 18.8 Å². The maximum Gasteiger partial charge on any atom is 0.414 e.